The molecule has 0 aromatic carbocycles. The molecule has 4 heterocycles. The molecule has 0 spiro atoms. The minimum Gasteiger partial charge on any atom is -0.477 e. The fraction of sp³-hybridized carbons (Fsp3) is 0.357. The number of allylic oxidation sites excluding steroid dienone is 1. The van der Waals surface area contributed by atoms with Crippen molar-refractivity contribution in [2.75, 3.05) is 6.54 Å². The van der Waals surface area contributed by atoms with Crippen LogP contribution in [-0.2, 0) is 9.59 Å². The minimum absolute atomic E-state index is 0.0189. The molecular weight excluding hydrogens is 290 g/mol. The molecule has 0 radical (unpaired) electrons. The number of hydrogen-bond donors (Lipinski definition) is 2. The first kappa shape index (κ1) is 12.8. The van der Waals surface area contributed by atoms with E-state index in [1.807, 2.05) is 12.1 Å². The summed E-state index contributed by atoms with van der Waals surface area (Å²) in [7, 11) is 0. The average Bonchev–Trinajstić information content (AvgIpc) is 2.87. The number of β-lactam (4-membered cyclic amide) rings is 1. The van der Waals surface area contributed by atoms with Gasteiger partial charge >= 0.3 is 5.97 Å². The van der Waals surface area contributed by atoms with Crippen LogP contribution in [0, 0.1) is 5.92 Å². The van der Waals surface area contributed by atoms with Gasteiger partial charge in [-0.15, -0.1) is 0 Å². The van der Waals surface area contributed by atoms with E-state index < -0.39 is 5.97 Å². The maximum atomic E-state index is 12.1. The van der Waals surface area contributed by atoms with Gasteiger partial charge in [-0.2, -0.15) is 0 Å². The number of nitrogens with one attached hydrogen (secondary N) is 1. The van der Waals surface area contributed by atoms with Crippen LogP contribution >= 0.6 is 11.8 Å². The summed E-state index contributed by atoms with van der Waals surface area (Å²) < 4.78 is 0. The molecule has 0 unspecified atom stereocenters. The normalized spacial score (nSPS) is 30.2. The number of aromatic nitrogens is 1. The van der Waals surface area contributed by atoms with Crippen LogP contribution in [0.25, 0.3) is 0 Å². The number of carbonyl (C=O) groups is 2. The zero-order chi connectivity index (χ0) is 14.6. The first-order valence-electron chi connectivity index (χ1n) is 6.77. The third-order valence-corrected chi connectivity index (χ3v) is 5.39. The zero-order valence-corrected chi connectivity index (χ0v) is 11.8. The van der Waals surface area contributed by atoms with Gasteiger partial charge in [0.25, 0.3) is 0 Å². The molecule has 7 heteroatoms. The molecule has 0 bridgehead atoms. The Labute approximate surface area is 125 Å². The van der Waals surface area contributed by atoms with Crippen molar-refractivity contribution in [3.8, 4) is 0 Å². The second-order valence-electron chi connectivity index (χ2n) is 5.41. The van der Waals surface area contributed by atoms with Crippen LogP contribution in [0.4, 0.5) is 0 Å². The van der Waals surface area contributed by atoms with Crippen LogP contribution in [0.1, 0.15) is 6.42 Å². The van der Waals surface area contributed by atoms with Gasteiger partial charge in [0.1, 0.15) is 11.7 Å². The van der Waals surface area contributed by atoms with Crippen molar-refractivity contribution in [3.05, 3.63) is 35.1 Å². The third kappa shape index (κ3) is 1.81. The van der Waals surface area contributed by atoms with Crippen LogP contribution in [0.15, 0.2) is 40.0 Å². The Morgan fingerprint density at radius 1 is 1.43 bits per heavy atom. The first-order valence-corrected chi connectivity index (χ1v) is 7.59. The number of thioether (sulfide) groups is 1. The van der Waals surface area contributed by atoms with Crippen LogP contribution in [0.2, 0.25) is 0 Å². The van der Waals surface area contributed by atoms with Crippen molar-refractivity contribution in [2.45, 2.75) is 23.4 Å². The van der Waals surface area contributed by atoms with E-state index in [4.69, 9.17) is 0 Å². The van der Waals surface area contributed by atoms with Gasteiger partial charge in [0.05, 0.1) is 6.04 Å². The van der Waals surface area contributed by atoms with E-state index in [1.54, 1.807) is 12.4 Å². The predicted molar refractivity (Wildman–Crippen MR) is 75.3 cm³/mol. The lowest BCUT2D eigenvalue weighted by molar-refractivity contribution is -0.153. The van der Waals surface area contributed by atoms with Gasteiger partial charge in [0.15, 0.2) is 0 Å². The summed E-state index contributed by atoms with van der Waals surface area (Å²) in [5.74, 6) is -0.837. The van der Waals surface area contributed by atoms with Crippen LogP contribution in [0.3, 0.4) is 0 Å². The standard InChI is InChI=1S/C14H13N3O3S/c18-13-10-11-7(6-16-10)5-9(12(14(19)20)17(11)13)21-8-1-3-15-4-2-8/h1-4,7,10-11,16H,5-6H2,(H,19,20)/t7-,10+,11-/m1/s1. The molecule has 1 amide bonds. The third-order valence-electron chi connectivity index (χ3n) is 4.27. The Morgan fingerprint density at radius 3 is 2.90 bits per heavy atom. The van der Waals surface area contributed by atoms with Crippen molar-refractivity contribution < 1.29 is 14.7 Å². The summed E-state index contributed by atoms with van der Waals surface area (Å²) in [4.78, 5) is 30.9. The maximum Gasteiger partial charge on any atom is 0.353 e. The van der Waals surface area contributed by atoms with Gasteiger partial charge in [0.2, 0.25) is 5.91 Å². The Balaban J connectivity index is 1.73. The largest absolute Gasteiger partial charge is 0.477 e. The van der Waals surface area contributed by atoms with Crippen LogP contribution < -0.4 is 5.32 Å². The molecule has 0 aliphatic carbocycles. The van der Waals surface area contributed by atoms with Gasteiger partial charge in [0, 0.05) is 28.7 Å². The number of carboxylic acid groups (broad SMARTS) is 1. The predicted octanol–water partition coefficient (Wildman–Crippen LogP) is 0.672. The Bertz CT molecular complexity index is 661. The number of rotatable bonds is 3. The van der Waals surface area contributed by atoms with E-state index in [9.17, 15) is 14.7 Å². The molecule has 3 aliphatic rings. The smallest absolute Gasteiger partial charge is 0.353 e. The molecule has 2 fully saturated rings. The van der Waals surface area contributed by atoms with E-state index >= 15 is 0 Å². The number of pyridine rings is 1. The molecule has 0 saturated carbocycles. The van der Waals surface area contributed by atoms with Gasteiger partial charge < -0.3 is 10.4 Å². The second kappa shape index (κ2) is 4.57. The van der Waals surface area contributed by atoms with Crippen molar-refractivity contribution in [1.82, 2.24) is 15.2 Å². The molecule has 2 saturated heterocycles. The molecule has 1 aromatic rings. The van der Waals surface area contributed by atoms with E-state index in [0.29, 0.717) is 12.3 Å². The van der Waals surface area contributed by atoms with Crippen molar-refractivity contribution >= 4 is 23.6 Å². The lowest BCUT2D eigenvalue weighted by Gasteiger charge is -2.48. The van der Waals surface area contributed by atoms with Crippen molar-refractivity contribution in [2.24, 2.45) is 5.92 Å². The highest BCUT2D eigenvalue weighted by molar-refractivity contribution is 8.03. The van der Waals surface area contributed by atoms with Gasteiger partial charge in [-0.1, -0.05) is 11.8 Å². The average molecular weight is 303 g/mol. The number of amides is 1. The summed E-state index contributed by atoms with van der Waals surface area (Å²) in [5.41, 5.74) is 0.156. The summed E-state index contributed by atoms with van der Waals surface area (Å²) in [5, 5.41) is 12.7. The number of carboxylic acids is 1. The SMILES string of the molecule is O=C(O)C1=C(Sc2ccncc2)C[C@@H]2CN[C@@H]3C(=O)N1[C@H]23. The Morgan fingerprint density at radius 2 is 2.19 bits per heavy atom. The highest BCUT2D eigenvalue weighted by Gasteiger charge is 2.59. The summed E-state index contributed by atoms with van der Waals surface area (Å²) >= 11 is 1.42. The summed E-state index contributed by atoms with van der Waals surface area (Å²) in [6.45, 7) is 0.769. The van der Waals surface area contributed by atoms with Gasteiger partial charge in [-0.05, 0) is 24.5 Å². The van der Waals surface area contributed by atoms with Crippen LogP contribution in [0.5, 0.6) is 0 Å². The molecular formula is C14H13N3O3S. The zero-order valence-electron chi connectivity index (χ0n) is 11.0. The van der Waals surface area contributed by atoms with Crippen molar-refractivity contribution in [1.29, 1.82) is 0 Å². The molecule has 2 N–H and O–H groups in total. The Hall–Kier alpha value is -1.86. The maximum absolute atomic E-state index is 12.1. The topological polar surface area (TPSA) is 82.5 Å². The quantitative estimate of drug-likeness (QED) is 0.799. The lowest BCUT2D eigenvalue weighted by atomic mass is 9.82. The van der Waals surface area contributed by atoms with E-state index in [-0.39, 0.29) is 23.7 Å². The molecule has 3 atom stereocenters. The first-order chi connectivity index (χ1) is 10.2. The molecule has 21 heavy (non-hydrogen) atoms. The molecule has 4 rings (SSSR count). The Kier molecular flexibility index (Phi) is 2.80. The molecule has 1 aromatic heterocycles. The van der Waals surface area contributed by atoms with Crippen LogP contribution in [-0.4, -0.2) is 45.5 Å². The number of hydrogen-bond acceptors (Lipinski definition) is 5. The fourth-order valence-electron chi connectivity index (χ4n) is 3.38. The van der Waals surface area contributed by atoms with Gasteiger partial charge in [-0.25, -0.2) is 4.79 Å². The van der Waals surface area contributed by atoms with Gasteiger partial charge in [-0.3, -0.25) is 14.7 Å². The number of carbonyl (C=O) groups excluding carboxylic acids is 1. The van der Waals surface area contributed by atoms with E-state index in [2.05, 4.69) is 10.3 Å². The molecule has 3 aliphatic heterocycles. The van der Waals surface area contributed by atoms with E-state index in [0.717, 1.165) is 16.3 Å². The molecule has 108 valence electrons. The summed E-state index contributed by atoms with van der Waals surface area (Å²) in [6, 6.07) is 3.52. The highest BCUT2D eigenvalue weighted by Crippen LogP contribution is 2.47. The van der Waals surface area contributed by atoms with Crippen molar-refractivity contribution in [3.63, 3.8) is 0 Å². The number of aliphatic carboxylic acids is 1. The highest BCUT2D eigenvalue weighted by atomic mass is 32.2. The fourth-order valence-corrected chi connectivity index (χ4v) is 4.50. The number of nitrogens with zero attached hydrogens (tertiary/aromatic N) is 2. The molecule has 6 nitrogen and oxygen atoms in total. The summed E-state index contributed by atoms with van der Waals surface area (Å²) in [6.07, 6.45) is 4.06. The second-order valence-corrected chi connectivity index (χ2v) is 6.58. The van der Waals surface area contributed by atoms with E-state index in [1.165, 1.54) is 16.7 Å². The lowest BCUT2D eigenvalue weighted by Crippen LogP contribution is -2.68. The minimum atomic E-state index is -1.02. The monoisotopic (exact) mass is 303 g/mol.